The van der Waals surface area contributed by atoms with Crippen LogP contribution >= 0.6 is 11.6 Å². The van der Waals surface area contributed by atoms with Gasteiger partial charge >= 0.3 is 0 Å². The number of nitrogens with zero attached hydrogens (tertiary/aromatic N) is 1. The van der Waals surface area contributed by atoms with Crippen molar-refractivity contribution in [2.45, 2.75) is 13.0 Å². The minimum absolute atomic E-state index is 0.466. The van der Waals surface area contributed by atoms with Crippen molar-refractivity contribution in [3.63, 3.8) is 0 Å². The number of rotatable bonds is 2. The van der Waals surface area contributed by atoms with Crippen molar-refractivity contribution in [1.29, 1.82) is 0 Å². The minimum atomic E-state index is -0.869. The predicted molar refractivity (Wildman–Crippen MR) is 74.3 cm³/mol. The molecule has 0 amide bonds. The lowest BCUT2D eigenvalue weighted by atomic mass is 10.1. The largest absolute Gasteiger partial charge is 0.458 e. The van der Waals surface area contributed by atoms with Gasteiger partial charge in [-0.25, -0.2) is 0 Å². The van der Waals surface area contributed by atoms with Crippen molar-refractivity contribution in [2.24, 2.45) is 0 Å². The average molecular weight is 274 g/mol. The molecule has 1 atom stereocenters. The molecule has 3 nitrogen and oxygen atoms in total. The Labute approximate surface area is 115 Å². The van der Waals surface area contributed by atoms with Crippen molar-refractivity contribution in [2.75, 3.05) is 0 Å². The summed E-state index contributed by atoms with van der Waals surface area (Å²) in [7, 11) is 0. The molecule has 0 radical (unpaired) electrons. The van der Waals surface area contributed by atoms with Crippen molar-refractivity contribution in [3.8, 4) is 0 Å². The Bertz CT molecular complexity index is 719. The van der Waals surface area contributed by atoms with E-state index in [0.29, 0.717) is 22.1 Å². The standard InChI is InChI=1S/C15H12ClNO2/c1-9-2-4-12(17-8-9)15(18)14-7-10-6-11(16)3-5-13(10)19-14/h2-8,15,18H,1H3. The van der Waals surface area contributed by atoms with Gasteiger partial charge in [0.2, 0.25) is 0 Å². The highest BCUT2D eigenvalue weighted by atomic mass is 35.5. The second-order valence-electron chi connectivity index (χ2n) is 4.49. The zero-order valence-electron chi connectivity index (χ0n) is 10.3. The maximum absolute atomic E-state index is 10.3. The van der Waals surface area contributed by atoms with Gasteiger partial charge in [0.1, 0.15) is 11.3 Å². The van der Waals surface area contributed by atoms with Crippen LogP contribution in [0.3, 0.4) is 0 Å². The van der Waals surface area contributed by atoms with E-state index in [1.165, 1.54) is 0 Å². The van der Waals surface area contributed by atoms with Gasteiger partial charge in [-0.05, 0) is 42.8 Å². The first kappa shape index (κ1) is 12.2. The van der Waals surface area contributed by atoms with Gasteiger partial charge in [0.15, 0.2) is 6.10 Å². The fraction of sp³-hybridized carbons (Fsp3) is 0.133. The van der Waals surface area contributed by atoms with Crippen LogP contribution in [-0.2, 0) is 0 Å². The number of pyridine rings is 1. The molecular formula is C15H12ClNO2. The quantitative estimate of drug-likeness (QED) is 0.771. The summed E-state index contributed by atoms with van der Waals surface area (Å²) < 4.78 is 5.62. The van der Waals surface area contributed by atoms with Crippen LogP contribution in [0.4, 0.5) is 0 Å². The molecule has 0 aliphatic rings. The first-order chi connectivity index (χ1) is 9.13. The lowest BCUT2D eigenvalue weighted by Gasteiger charge is -2.06. The van der Waals surface area contributed by atoms with Crippen LogP contribution in [0.1, 0.15) is 23.1 Å². The molecule has 19 heavy (non-hydrogen) atoms. The third-order valence-electron chi connectivity index (χ3n) is 2.98. The molecule has 0 spiro atoms. The zero-order valence-corrected chi connectivity index (χ0v) is 11.1. The van der Waals surface area contributed by atoms with Crippen LogP contribution in [-0.4, -0.2) is 10.1 Å². The molecule has 0 aliphatic carbocycles. The molecule has 0 bridgehead atoms. The fourth-order valence-electron chi connectivity index (χ4n) is 1.96. The first-order valence-corrected chi connectivity index (χ1v) is 6.31. The second-order valence-corrected chi connectivity index (χ2v) is 4.93. The molecule has 3 aromatic rings. The van der Waals surface area contributed by atoms with Crippen molar-refractivity contribution in [1.82, 2.24) is 4.98 Å². The number of hydrogen-bond acceptors (Lipinski definition) is 3. The van der Waals surface area contributed by atoms with Gasteiger partial charge in [0.05, 0.1) is 5.69 Å². The van der Waals surface area contributed by atoms with Crippen LogP contribution in [0.2, 0.25) is 5.02 Å². The summed E-state index contributed by atoms with van der Waals surface area (Å²) in [6.45, 7) is 1.95. The van der Waals surface area contributed by atoms with E-state index < -0.39 is 6.10 Å². The Morgan fingerprint density at radius 2 is 2.05 bits per heavy atom. The highest BCUT2D eigenvalue weighted by Crippen LogP contribution is 2.28. The maximum Gasteiger partial charge on any atom is 0.153 e. The summed E-state index contributed by atoms with van der Waals surface area (Å²) in [5, 5.41) is 11.8. The normalized spacial score (nSPS) is 12.8. The number of aliphatic hydroxyl groups is 1. The number of halogens is 1. The van der Waals surface area contributed by atoms with E-state index in [4.69, 9.17) is 16.0 Å². The maximum atomic E-state index is 10.3. The molecule has 3 rings (SSSR count). The lowest BCUT2D eigenvalue weighted by molar-refractivity contribution is 0.187. The number of benzene rings is 1. The first-order valence-electron chi connectivity index (χ1n) is 5.93. The molecule has 96 valence electrons. The molecule has 1 unspecified atom stereocenters. The van der Waals surface area contributed by atoms with E-state index in [9.17, 15) is 5.11 Å². The molecule has 2 aromatic heterocycles. The highest BCUT2D eigenvalue weighted by molar-refractivity contribution is 6.31. The highest BCUT2D eigenvalue weighted by Gasteiger charge is 2.16. The predicted octanol–water partition coefficient (Wildman–Crippen LogP) is 3.87. The molecule has 0 aliphatic heterocycles. The van der Waals surface area contributed by atoms with Gasteiger partial charge in [-0.15, -0.1) is 0 Å². The van der Waals surface area contributed by atoms with Gasteiger partial charge in [0, 0.05) is 16.6 Å². The van der Waals surface area contributed by atoms with Gasteiger partial charge in [-0.1, -0.05) is 17.7 Å². The van der Waals surface area contributed by atoms with Gasteiger partial charge < -0.3 is 9.52 Å². The summed E-state index contributed by atoms with van der Waals surface area (Å²) in [6.07, 6.45) is 0.852. The van der Waals surface area contributed by atoms with Crippen LogP contribution < -0.4 is 0 Å². The number of fused-ring (bicyclic) bond motifs is 1. The Morgan fingerprint density at radius 3 is 2.79 bits per heavy atom. The van der Waals surface area contributed by atoms with Crippen LogP contribution in [0.25, 0.3) is 11.0 Å². The van der Waals surface area contributed by atoms with Crippen molar-refractivity contribution in [3.05, 3.63) is 64.6 Å². The molecule has 0 saturated heterocycles. The zero-order chi connectivity index (χ0) is 13.4. The molecule has 0 fully saturated rings. The number of aliphatic hydroxyl groups excluding tert-OH is 1. The monoisotopic (exact) mass is 273 g/mol. The Kier molecular flexibility index (Phi) is 3.01. The summed E-state index contributed by atoms with van der Waals surface area (Å²) in [5.41, 5.74) is 2.31. The SMILES string of the molecule is Cc1ccc(C(O)c2cc3cc(Cl)ccc3o2)nc1. The minimum Gasteiger partial charge on any atom is -0.458 e. The lowest BCUT2D eigenvalue weighted by Crippen LogP contribution is -2.00. The van der Waals surface area contributed by atoms with E-state index in [0.717, 1.165) is 10.9 Å². The topological polar surface area (TPSA) is 46.3 Å². The molecule has 1 N–H and O–H groups in total. The third-order valence-corrected chi connectivity index (χ3v) is 3.22. The van der Waals surface area contributed by atoms with Gasteiger partial charge in [-0.2, -0.15) is 0 Å². The number of aryl methyl sites for hydroxylation is 1. The van der Waals surface area contributed by atoms with E-state index in [-0.39, 0.29) is 0 Å². The van der Waals surface area contributed by atoms with Crippen LogP contribution in [0, 0.1) is 6.92 Å². The molecule has 1 aromatic carbocycles. The van der Waals surface area contributed by atoms with Gasteiger partial charge in [0.25, 0.3) is 0 Å². The third kappa shape index (κ3) is 2.35. The Hall–Kier alpha value is -1.84. The smallest absolute Gasteiger partial charge is 0.153 e. The molecular weight excluding hydrogens is 262 g/mol. The van der Waals surface area contributed by atoms with Crippen LogP contribution in [0.15, 0.2) is 47.0 Å². The fourth-order valence-corrected chi connectivity index (χ4v) is 2.14. The summed E-state index contributed by atoms with van der Waals surface area (Å²) in [5.74, 6) is 0.466. The van der Waals surface area contributed by atoms with E-state index in [2.05, 4.69) is 4.98 Å². The molecule has 0 saturated carbocycles. The number of aromatic nitrogens is 1. The number of hydrogen-bond donors (Lipinski definition) is 1. The summed E-state index contributed by atoms with van der Waals surface area (Å²) >= 11 is 5.93. The summed E-state index contributed by atoms with van der Waals surface area (Å²) in [6, 6.07) is 10.8. The van der Waals surface area contributed by atoms with Crippen LogP contribution in [0.5, 0.6) is 0 Å². The van der Waals surface area contributed by atoms with Crippen molar-refractivity contribution < 1.29 is 9.52 Å². The Balaban J connectivity index is 2.01. The Morgan fingerprint density at radius 1 is 1.21 bits per heavy atom. The van der Waals surface area contributed by atoms with E-state index in [1.807, 2.05) is 13.0 Å². The van der Waals surface area contributed by atoms with Crippen molar-refractivity contribution >= 4 is 22.6 Å². The van der Waals surface area contributed by atoms with E-state index >= 15 is 0 Å². The average Bonchev–Trinajstić information content (AvgIpc) is 2.81. The second kappa shape index (κ2) is 4.68. The summed E-state index contributed by atoms with van der Waals surface area (Å²) in [4.78, 5) is 4.21. The van der Waals surface area contributed by atoms with Gasteiger partial charge in [-0.3, -0.25) is 4.98 Å². The van der Waals surface area contributed by atoms with E-state index in [1.54, 1.807) is 36.5 Å². The molecule has 2 heterocycles. The number of furan rings is 1. The molecule has 4 heteroatoms.